The quantitative estimate of drug-likeness (QED) is 0.908. The molecule has 1 aromatic rings. The summed E-state index contributed by atoms with van der Waals surface area (Å²) in [5.74, 6) is -0.591. The molecule has 0 aliphatic carbocycles. The van der Waals surface area contributed by atoms with Gasteiger partial charge in [-0.3, -0.25) is 4.79 Å². The molecule has 1 unspecified atom stereocenters. The number of aliphatic hydroxyl groups is 1. The number of benzene rings is 1. The van der Waals surface area contributed by atoms with E-state index in [0.717, 1.165) is 12.8 Å². The lowest BCUT2D eigenvalue weighted by molar-refractivity contribution is 0.0521. The van der Waals surface area contributed by atoms with Crippen LogP contribution in [0.1, 0.15) is 30.1 Å². The summed E-state index contributed by atoms with van der Waals surface area (Å²) < 4.78 is 13.3. The van der Waals surface area contributed by atoms with Crippen molar-refractivity contribution in [3.8, 4) is 0 Å². The van der Waals surface area contributed by atoms with Gasteiger partial charge in [0.25, 0.3) is 5.91 Å². The molecule has 2 rings (SSSR count). The van der Waals surface area contributed by atoms with Crippen molar-refractivity contribution in [2.45, 2.75) is 25.9 Å². The molecule has 1 fully saturated rings. The second-order valence-corrected chi connectivity index (χ2v) is 5.35. The van der Waals surface area contributed by atoms with Gasteiger partial charge in [0.1, 0.15) is 5.82 Å². The Morgan fingerprint density at radius 1 is 1.47 bits per heavy atom. The second kappa shape index (κ2) is 5.88. The topological polar surface area (TPSA) is 40.5 Å². The van der Waals surface area contributed by atoms with Gasteiger partial charge in [0.05, 0.1) is 16.7 Å². The van der Waals surface area contributed by atoms with E-state index in [4.69, 9.17) is 11.6 Å². The van der Waals surface area contributed by atoms with Gasteiger partial charge in [-0.1, -0.05) is 17.7 Å². The van der Waals surface area contributed by atoms with Crippen LogP contribution in [-0.4, -0.2) is 35.1 Å². The first kappa shape index (κ1) is 14.3. The maximum Gasteiger partial charge on any atom is 0.255 e. The Labute approximate surface area is 117 Å². The van der Waals surface area contributed by atoms with E-state index >= 15 is 0 Å². The average molecular weight is 286 g/mol. The van der Waals surface area contributed by atoms with E-state index in [1.54, 1.807) is 11.8 Å². The van der Waals surface area contributed by atoms with E-state index in [-0.39, 0.29) is 28.5 Å². The molecule has 0 radical (unpaired) electrons. The van der Waals surface area contributed by atoms with Crippen molar-refractivity contribution in [2.24, 2.45) is 5.92 Å². The van der Waals surface area contributed by atoms with Crippen LogP contribution in [0, 0.1) is 11.7 Å². The van der Waals surface area contributed by atoms with Crippen LogP contribution in [0.15, 0.2) is 18.2 Å². The van der Waals surface area contributed by atoms with Crippen molar-refractivity contribution in [3.05, 3.63) is 34.6 Å². The summed E-state index contributed by atoms with van der Waals surface area (Å²) >= 11 is 5.82. The number of carbonyl (C=O) groups excluding carboxylic acids is 1. The van der Waals surface area contributed by atoms with Crippen LogP contribution < -0.4 is 0 Å². The number of aliphatic hydroxyl groups excluding tert-OH is 1. The van der Waals surface area contributed by atoms with Crippen LogP contribution in [0.25, 0.3) is 0 Å². The summed E-state index contributed by atoms with van der Waals surface area (Å²) in [5, 5.41) is 9.41. The van der Waals surface area contributed by atoms with Gasteiger partial charge >= 0.3 is 0 Å². The highest BCUT2D eigenvalue weighted by molar-refractivity contribution is 6.34. The molecule has 19 heavy (non-hydrogen) atoms. The van der Waals surface area contributed by atoms with Crippen molar-refractivity contribution < 1.29 is 14.3 Å². The lowest BCUT2D eigenvalue weighted by atomic mass is 9.92. The predicted octanol–water partition coefficient (Wildman–Crippen LogP) is 2.71. The highest BCUT2D eigenvalue weighted by Gasteiger charge is 2.27. The van der Waals surface area contributed by atoms with Crippen molar-refractivity contribution in [2.75, 3.05) is 13.1 Å². The lowest BCUT2D eigenvalue weighted by Gasteiger charge is -2.33. The smallest absolute Gasteiger partial charge is 0.255 e. The van der Waals surface area contributed by atoms with Gasteiger partial charge in [0.15, 0.2) is 0 Å². The third-order valence-electron chi connectivity index (χ3n) is 3.69. The number of nitrogens with zero attached hydrogens (tertiary/aromatic N) is 1. The first-order valence-electron chi connectivity index (χ1n) is 6.42. The van der Waals surface area contributed by atoms with Gasteiger partial charge in [-0.2, -0.15) is 0 Å². The highest BCUT2D eigenvalue weighted by atomic mass is 35.5. The maximum atomic E-state index is 13.3. The zero-order valence-corrected chi connectivity index (χ0v) is 11.5. The summed E-state index contributed by atoms with van der Waals surface area (Å²) in [4.78, 5) is 13.9. The van der Waals surface area contributed by atoms with E-state index in [0.29, 0.717) is 13.1 Å². The molecule has 0 bridgehead atoms. The van der Waals surface area contributed by atoms with Crippen LogP contribution in [-0.2, 0) is 0 Å². The molecule has 1 heterocycles. The summed E-state index contributed by atoms with van der Waals surface area (Å²) in [6.45, 7) is 2.91. The molecule has 0 spiro atoms. The zero-order chi connectivity index (χ0) is 14.0. The Morgan fingerprint density at radius 3 is 2.68 bits per heavy atom. The van der Waals surface area contributed by atoms with E-state index < -0.39 is 5.82 Å². The molecular formula is C14H17ClFNO2. The van der Waals surface area contributed by atoms with E-state index in [1.807, 2.05) is 0 Å². The average Bonchev–Trinajstić information content (AvgIpc) is 2.41. The molecule has 1 atom stereocenters. The standard InChI is InChI=1S/C14H17ClFNO2/c1-9(18)10-5-7-17(8-6-10)14(19)11-3-2-4-12(16)13(11)15/h2-4,9-10,18H,5-8H2,1H3. The van der Waals surface area contributed by atoms with Crippen molar-refractivity contribution >= 4 is 17.5 Å². The highest BCUT2D eigenvalue weighted by Crippen LogP contribution is 2.25. The molecule has 104 valence electrons. The number of halogens is 2. The number of piperidine rings is 1. The number of hydrogen-bond donors (Lipinski definition) is 1. The maximum absolute atomic E-state index is 13.3. The van der Waals surface area contributed by atoms with Crippen LogP contribution in [0.4, 0.5) is 4.39 Å². The monoisotopic (exact) mass is 285 g/mol. The van der Waals surface area contributed by atoms with Crippen LogP contribution >= 0.6 is 11.6 Å². The van der Waals surface area contributed by atoms with Crippen LogP contribution in [0.5, 0.6) is 0 Å². The second-order valence-electron chi connectivity index (χ2n) is 4.97. The zero-order valence-electron chi connectivity index (χ0n) is 10.8. The van der Waals surface area contributed by atoms with Crippen LogP contribution in [0.3, 0.4) is 0 Å². The first-order chi connectivity index (χ1) is 9.00. The molecule has 1 N–H and O–H groups in total. The van der Waals surface area contributed by atoms with Crippen molar-refractivity contribution in [3.63, 3.8) is 0 Å². The molecule has 5 heteroatoms. The number of likely N-dealkylation sites (tertiary alicyclic amines) is 1. The number of carbonyl (C=O) groups is 1. The fraction of sp³-hybridized carbons (Fsp3) is 0.500. The minimum absolute atomic E-state index is 0.120. The molecular weight excluding hydrogens is 269 g/mol. The van der Waals surface area contributed by atoms with Gasteiger partial charge in [-0.25, -0.2) is 4.39 Å². The van der Waals surface area contributed by atoms with Crippen LogP contribution in [0.2, 0.25) is 5.02 Å². The molecule has 3 nitrogen and oxygen atoms in total. The normalized spacial score (nSPS) is 18.4. The van der Waals surface area contributed by atoms with Gasteiger partial charge in [0.2, 0.25) is 0 Å². The minimum Gasteiger partial charge on any atom is -0.393 e. The predicted molar refractivity (Wildman–Crippen MR) is 71.7 cm³/mol. The lowest BCUT2D eigenvalue weighted by Crippen LogP contribution is -2.40. The molecule has 1 aliphatic rings. The number of rotatable bonds is 2. The Kier molecular flexibility index (Phi) is 4.42. The molecule has 1 saturated heterocycles. The fourth-order valence-corrected chi connectivity index (χ4v) is 2.63. The number of hydrogen-bond acceptors (Lipinski definition) is 2. The Bertz CT molecular complexity index is 471. The van der Waals surface area contributed by atoms with E-state index in [9.17, 15) is 14.3 Å². The summed E-state index contributed by atoms with van der Waals surface area (Å²) in [6, 6.07) is 4.25. The van der Waals surface area contributed by atoms with Gasteiger partial charge < -0.3 is 10.0 Å². The Balaban J connectivity index is 2.07. The summed E-state index contributed by atoms with van der Waals surface area (Å²) in [6.07, 6.45) is 1.17. The largest absolute Gasteiger partial charge is 0.393 e. The Hall–Kier alpha value is -1.13. The molecule has 0 saturated carbocycles. The van der Waals surface area contributed by atoms with Gasteiger partial charge in [0, 0.05) is 13.1 Å². The van der Waals surface area contributed by atoms with Crippen molar-refractivity contribution in [1.29, 1.82) is 0 Å². The number of amides is 1. The van der Waals surface area contributed by atoms with E-state index in [2.05, 4.69) is 0 Å². The minimum atomic E-state index is -0.577. The summed E-state index contributed by atoms with van der Waals surface area (Å²) in [5.41, 5.74) is 0.206. The first-order valence-corrected chi connectivity index (χ1v) is 6.80. The van der Waals surface area contributed by atoms with E-state index in [1.165, 1.54) is 18.2 Å². The Morgan fingerprint density at radius 2 is 2.11 bits per heavy atom. The van der Waals surface area contributed by atoms with Gasteiger partial charge in [-0.05, 0) is 37.8 Å². The van der Waals surface area contributed by atoms with Crippen molar-refractivity contribution in [1.82, 2.24) is 4.90 Å². The third kappa shape index (κ3) is 3.07. The SMILES string of the molecule is CC(O)C1CCN(C(=O)c2cccc(F)c2Cl)CC1. The van der Waals surface area contributed by atoms with Gasteiger partial charge in [-0.15, -0.1) is 0 Å². The molecule has 1 aromatic carbocycles. The molecule has 1 aliphatic heterocycles. The third-order valence-corrected chi connectivity index (χ3v) is 4.08. The fourth-order valence-electron chi connectivity index (χ4n) is 2.42. The molecule has 0 aromatic heterocycles. The summed E-state index contributed by atoms with van der Waals surface area (Å²) in [7, 11) is 0. The molecule has 1 amide bonds.